The van der Waals surface area contributed by atoms with Crippen LogP contribution < -0.4 is 5.32 Å². The minimum Gasteiger partial charge on any atom is -0.311 e. The van der Waals surface area contributed by atoms with Crippen molar-refractivity contribution in [3.8, 4) is 0 Å². The third-order valence-electron chi connectivity index (χ3n) is 3.80. The second-order valence-electron chi connectivity index (χ2n) is 5.17. The second kappa shape index (κ2) is 6.30. The van der Waals surface area contributed by atoms with Gasteiger partial charge < -0.3 is 5.32 Å². The number of nitrogens with zero attached hydrogens (tertiary/aromatic N) is 2. The molecule has 5 heteroatoms. The molecular weight excluding hydrogens is 305 g/mol. The van der Waals surface area contributed by atoms with E-state index in [9.17, 15) is 0 Å². The Morgan fingerprint density at radius 3 is 2.67 bits per heavy atom. The van der Waals surface area contributed by atoms with Crippen molar-refractivity contribution in [2.24, 2.45) is 0 Å². The van der Waals surface area contributed by atoms with E-state index in [1.807, 2.05) is 18.2 Å². The first-order valence-electron chi connectivity index (χ1n) is 7.20. The number of halogens is 2. The average molecular weight is 322 g/mol. The molecule has 0 fully saturated rings. The molecule has 0 radical (unpaired) electrons. The van der Waals surface area contributed by atoms with Gasteiger partial charge in [0.2, 0.25) is 0 Å². The van der Waals surface area contributed by atoms with Crippen LogP contribution >= 0.6 is 23.2 Å². The van der Waals surface area contributed by atoms with Gasteiger partial charge in [-0.2, -0.15) is 0 Å². The Hall–Kier alpha value is -1.16. The summed E-state index contributed by atoms with van der Waals surface area (Å²) in [5.41, 5.74) is 4.47. The molecule has 0 saturated carbocycles. The van der Waals surface area contributed by atoms with Gasteiger partial charge in [-0.3, -0.25) is 0 Å². The fourth-order valence-corrected chi connectivity index (χ4v) is 3.25. The van der Waals surface area contributed by atoms with Crippen LogP contribution in [0.1, 0.15) is 35.3 Å². The molecule has 0 spiro atoms. The zero-order chi connectivity index (χ0) is 14.8. The first-order valence-corrected chi connectivity index (χ1v) is 7.95. The summed E-state index contributed by atoms with van der Waals surface area (Å²) in [6.07, 6.45) is 2.50. The third-order valence-corrected chi connectivity index (χ3v) is 4.51. The second-order valence-corrected chi connectivity index (χ2v) is 5.98. The van der Waals surface area contributed by atoms with Gasteiger partial charge in [0, 0.05) is 28.7 Å². The molecule has 1 N–H and O–H groups in total. The maximum absolute atomic E-state index is 6.24. The standard InChI is InChI=1S/C16H17Cl2N3/c1-2-14-10-6-7-19-9-15(10)21-16(20-14)8-11-12(17)4-3-5-13(11)18/h3-5,19H,2,6-9H2,1H3. The predicted octanol–water partition coefficient (Wildman–Crippen LogP) is 3.58. The number of aryl methyl sites for hydroxylation is 1. The van der Waals surface area contributed by atoms with Gasteiger partial charge >= 0.3 is 0 Å². The van der Waals surface area contributed by atoms with E-state index in [4.69, 9.17) is 33.2 Å². The lowest BCUT2D eigenvalue weighted by atomic mass is 10.0. The fraction of sp³-hybridized carbons (Fsp3) is 0.375. The molecule has 110 valence electrons. The molecule has 0 saturated heterocycles. The predicted molar refractivity (Wildman–Crippen MR) is 86.1 cm³/mol. The van der Waals surface area contributed by atoms with Crippen molar-refractivity contribution >= 4 is 23.2 Å². The first-order chi connectivity index (χ1) is 10.2. The zero-order valence-corrected chi connectivity index (χ0v) is 13.4. The highest BCUT2D eigenvalue weighted by atomic mass is 35.5. The summed E-state index contributed by atoms with van der Waals surface area (Å²) in [4.78, 5) is 9.43. The van der Waals surface area contributed by atoms with E-state index in [2.05, 4.69) is 12.2 Å². The van der Waals surface area contributed by atoms with Gasteiger partial charge in [0.15, 0.2) is 0 Å². The number of nitrogens with one attached hydrogen (secondary N) is 1. The van der Waals surface area contributed by atoms with Crippen LogP contribution in [-0.4, -0.2) is 16.5 Å². The Morgan fingerprint density at radius 1 is 1.19 bits per heavy atom. The van der Waals surface area contributed by atoms with Gasteiger partial charge in [-0.1, -0.05) is 36.2 Å². The number of fused-ring (bicyclic) bond motifs is 1. The quantitative estimate of drug-likeness (QED) is 0.938. The van der Waals surface area contributed by atoms with Crippen molar-refractivity contribution in [3.63, 3.8) is 0 Å². The summed E-state index contributed by atoms with van der Waals surface area (Å²) >= 11 is 12.5. The molecule has 3 nitrogen and oxygen atoms in total. The number of benzene rings is 1. The van der Waals surface area contributed by atoms with E-state index in [-0.39, 0.29) is 0 Å². The molecule has 2 aromatic rings. The number of aromatic nitrogens is 2. The van der Waals surface area contributed by atoms with Crippen LogP contribution in [0, 0.1) is 0 Å². The van der Waals surface area contributed by atoms with E-state index >= 15 is 0 Å². The smallest absolute Gasteiger partial charge is 0.133 e. The van der Waals surface area contributed by atoms with E-state index in [0.717, 1.165) is 48.7 Å². The highest BCUT2D eigenvalue weighted by molar-refractivity contribution is 6.36. The van der Waals surface area contributed by atoms with Crippen molar-refractivity contribution in [1.29, 1.82) is 0 Å². The van der Waals surface area contributed by atoms with Crippen molar-refractivity contribution in [3.05, 3.63) is 56.6 Å². The Bertz CT molecular complexity index is 633. The maximum Gasteiger partial charge on any atom is 0.133 e. The summed E-state index contributed by atoms with van der Waals surface area (Å²) in [5, 5.41) is 4.70. The monoisotopic (exact) mass is 321 g/mol. The Kier molecular flexibility index (Phi) is 4.43. The van der Waals surface area contributed by atoms with Crippen LogP contribution in [0.2, 0.25) is 10.0 Å². The molecule has 1 aliphatic rings. The van der Waals surface area contributed by atoms with Crippen molar-refractivity contribution in [2.45, 2.75) is 32.7 Å². The van der Waals surface area contributed by atoms with Crippen LogP contribution in [0.5, 0.6) is 0 Å². The molecule has 1 aromatic heterocycles. The van der Waals surface area contributed by atoms with Crippen molar-refractivity contribution in [1.82, 2.24) is 15.3 Å². The molecule has 0 bridgehead atoms. The minimum absolute atomic E-state index is 0.568. The highest BCUT2D eigenvalue weighted by Crippen LogP contribution is 2.27. The lowest BCUT2D eigenvalue weighted by Gasteiger charge is -2.19. The van der Waals surface area contributed by atoms with Crippen LogP contribution in [0.3, 0.4) is 0 Å². The van der Waals surface area contributed by atoms with Crippen LogP contribution in [0.25, 0.3) is 0 Å². The van der Waals surface area contributed by atoms with Crippen LogP contribution in [0.15, 0.2) is 18.2 Å². The normalized spacial score (nSPS) is 14.0. The van der Waals surface area contributed by atoms with Crippen molar-refractivity contribution < 1.29 is 0 Å². The third kappa shape index (κ3) is 3.05. The van der Waals surface area contributed by atoms with E-state index in [0.29, 0.717) is 16.5 Å². The fourth-order valence-electron chi connectivity index (χ4n) is 2.72. The Morgan fingerprint density at radius 2 is 1.95 bits per heavy atom. The molecule has 1 aliphatic heterocycles. The number of rotatable bonds is 3. The summed E-state index contributed by atoms with van der Waals surface area (Å²) in [6, 6.07) is 5.55. The molecular formula is C16H17Cl2N3. The summed E-state index contributed by atoms with van der Waals surface area (Å²) in [7, 11) is 0. The van der Waals surface area contributed by atoms with E-state index < -0.39 is 0 Å². The highest BCUT2D eigenvalue weighted by Gasteiger charge is 2.17. The van der Waals surface area contributed by atoms with E-state index in [1.165, 1.54) is 5.56 Å². The average Bonchev–Trinajstić information content (AvgIpc) is 2.50. The number of hydrogen-bond donors (Lipinski definition) is 1. The summed E-state index contributed by atoms with van der Waals surface area (Å²) in [5.74, 6) is 0.796. The van der Waals surface area contributed by atoms with Gasteiger partial charge in [-0.15, -0.1) is 0 Å². The van der Waals surface area contributed by atoms with E-state index in [1.54, 1.807) is 0 Å². The first kappa shape index (κ1) is 14.8. The largest absolute Gasteiger partial charge is 0.311 e. The van der Waals surface area contributed by atoms with Gasteiger partial charge in [-0.05, 0) is 42.6 Å². The van der Waals surface area contributed by atoms with Gasteiger partial charge in [0.1, 0.15) is 5.82 Å². The van der Waals surface area contributed by atoms with Crippen LogP contribution in [0.4, 0.5) is 0 Å². The molecule has 0 atom stereocenters. The lowest BCUT2D eigenvalue weighted by Crippen LogP contribution is -2.27. The number of hydrogen-bond acceptors (Lipinski definition) is 3. The summed E-state index contributed by atoms with van der Waals surface area (Å²) < 4.78 is 0. The minimum atomic E-state index is 0.568. The molecule has 3 rings (SSSR count). The molecule has 2 heterocycles. The van der Waals surface area contributed by atoms with Gasteiger partial charge in [-0.25, -0.2) is 9.97 Å². The molecule has 1 aromatic carbocycles. The van der Waals surface area contributed by atoms with Crippen LogP contribution in [-0.2, 0) is 25.8 Å². The lowest BCUT2D eigenvalue weighted by molar-refractivity contribution is 0.610. The molecule has 0 unspecified atom stereocenters. The van der Waals surface area contributed by atoms with Gasteiger partial charge in [0.25, 0.3) is 0 Å². The SMILES string of the molecule is CCc1nc(Cc2c(Cl)cccc2Cl)nc2c1CCNC2. The summed E-state index contributed by atoms with van der Waals surface area (Å²) in [6.45, 7) is 3.95. The van der Waals surface area contributed by atoms with Gasteiger partial charge in [0.05, 0.1) is 5.69 Å². The molecule has 0 aliphatic carbocycles. The zero-order valence-electron chi connectivity index (χ0n) is 11.9. The molecule has 0 amide bonds. The van der Waals surface area contributed by atoms with Crippen molar-refractivity contribution in [2.75, 3.05) is 6.54 Å². The maximum atomic E-state index is 6.24. The molecule has 21 heavy (non-hydrogen) atoms. The Labute approximate surface area is 134 Å². The Balaban J connectivity index is 1.99. The topological polar surface area (TPSA) is 37.8 Å².